The number of nitrogens with one attached hydrogen (secondary N) is 1. The Balaban J connectivity index is 1.50. The molecule has 0 atom stereocenters. The third-order valence-corrected chi connectivity index (χ3v) is 5.77. The fourth-order valence-corrected chi connectivity index (χ4v) is 3.99. The zero-order valence-electron chi connectivity index (χ0n) is 17.7. The van der Waals surface area contributed by atoms with E-state index in [0.717, 1.165) is 49.2 Å². The normalized spacial score (nSPS) is 15.0. The van der Waals surface area contributed by atoms with Crippen LogP contribution in [0.2, 0.25) is 0 Å². The van der Waals surface area contributed by atoms with Gasteiger partial charge in [-0.25, -0.2) is 0 Å². The molecule has 0 saturated carbocycles. The Morgan fingerprint density at radius 2 is 1.60 bits per heavy atom. The number of carbonyl (C=O) groups is 1. The average Bonchev–Trinajstić information content (AvgIpc) is 2.79. The molecule has 1 saturated heterocycles. The van der Waals surface area contributed by atoms with Crippen LogP contribution in [0.25, 0.3) is 10.8 Å². The fraction of sp³-hybridized carbons (Fsp3) is 0.375. The lowest BCUT2D eigenvalue weighted by Gasteiger charge is -2.37. The molecule has 1 N–H and O–H groups in total. The molecule has 0 spiro atoms. The van der Waals surface area contributed by atoms with Gasteiger partial charge in [-0.3, -0.25) is 9.69 Å². The van der Waals surface area contributed by atoms with Gasteiger partial charge < -0.3 is 10.2 Å². The van der Waals surface area contributed by atoms with Crippen molar-refractivity contribution in [3.05, 3.63) is 65.9 Å². The highest BCUT2D eigenvalue weighted by Gasteiger charge is 2.23. The number of piperazine rings is 1. The fourth-order valence-electron chi connectivity index (χ4n) is 3.99. The van der Waals surface area contributed by atoms with Gasteiger partial charge in [0.15, 0.2) is 11.5 Å². The molecule has 1 aromatic heterocycles. The van der Waals surface area contributed by atoms with Crippen molar-refractivity contribution < 1.29 is 4.79 Å². The molecule has 2 heterocycles. The van der Waals surface area contributed by atoms with Crippen LogP contribution in [-0.4, -0.2) is 59.8 Å². The number of hydrogen-bond donors (Lipinski definition) is 1. The lowest BCUT2D eigenvalue weighted by molar-refractivity contribution is 0.0950. The van der Waals surface area contributed by atoms with Crippen molar-refractivity contribution in [3.8, 4) is 0 Å². The summed E-state index contributed by atoms with van der Waals surface area (Å²) in [6, 6.07) is 18.6. The smallest absolute Gasteiger partial charge is 0.272 e. The first-order chi connectivity index (χ1) is 14.6. The maximum Gasteiger partial charge on any atom is 0.272 e. The molecular formula is C24H29N5O. The summed E-state index contributed by atoms with van der Waals surface area (Å²) < 4.78 is 0. The molecule has 0 radical (unpaired) electrons. The summed E-state index contributed by atoms with van der Waals surface area (Å²) in [6.07, 6.45) is 0.788. The third-order valence-electron chi connectivity index (χ3n) is 5.77. The van der Waals surface area contributed by atoms with E-state index in [1.165, 1.54) is 5.56 Å². The van der Waals surface area contributed by atoms with Crippen LogP contribution in [0, 0.1) is 0 Å². The quantitative estimate of drug-likeness (QED) is 0.685. The average molecular weight is 404 g/mol. The number of amides is 1. The molecule has 1 aliphatic heterocycles. The number of fused-ring (bicyclic) bond motifs is 1. The summed E-state index contributed by atoms with van der Waals surface area (Å²) in [5, 5.41) is 13.7. The molecule has 0 aliphatic carbocycles. The molecule has 0 bridgehead atoms. The lowest BCUT2D eigenvalue weighted by Crippen LogP contribution is -2.49. The Morgan fingerprint density at radius 3 is 2.30 bits per heavy atom. The topological polar surface area (TPSA) is 61.4 Å². The zero-order valence-corrected chi connectivity index (χ0v) is 17.7. The Morgan fingerprint density at radius 1 is 0.933 bits per heavy atom. The van der Waals surface area contributed by atoms with Crippen molar-refractivity contribution in [1.29, 1.82) is 0 Å². The summed E-state index contributed by atoms with van der Waals surface area (Å²) in [5.74, 6) is 0.695. The summed E-state index contributed by atoms with van der Waals surface area (Å²) in [7, 11) is 0. The Labute approximate surface area is 177 Å². The third kappa shape index (κ3) is 4.44. The van der Waals surface area contributed by atoms with Crippen LogP contribution in [0.5, 0.6) is 0 Å². The van der Waals surface area contributed by atoms with Crippen LogP contribution >= 0.6 is 0 Å². The van der Waals surface area contributed by atoms with E-state index in [-0.39, 0.29) is 5.91 Å². The highest BCUT2D eigenvalue weighted by Crippen LogP contribution is 2.27. The van der Waals surface area contributed by atoms with E-state index in [1.54, 1.807) is 0 Å². The standard InChI is InChI=1S/C24H29N5O/c1-18(2)28-14-16-29(17-15-28)23-21-11-7-6-10-20(21)22(26-27-23)24(30)25-13-12-19-8-4-3-5-9-19/h3-11,18H,12-17H2,1-2H3,(H,25,30). The van der Waals surface area contributed by atoms with Crippen LogP contribution in [0.4, 0.5) is 5.82 Å². The molecule has 3 aromatic rings. The first-order valence-electron chi connectivity index (χ1n) is 10.7. The van der Waals surface area contributed by atoms with Gasteiger partial charge in [-0.1, -0.05) is 54.6 Å². The number of anilines is 1. The van der Waals surface area contributed by atoms with Gasteiger partial charge in [0.2, 0.25) is 0 Å². The first kappa shape index (κ1) is 20.3. The number of carbonyl (C=O) groups excluding carboxylic acids is 1. The van der Waals surface area contributed by atoms with E-state index in [4.69, 9.17) is 0 Å². The molecular weight excluding hydrogens is 374 g/mol. The van der Waals surface area contributed by atoms with Crippen LogP contribution in [0.3, 0.4) is 0 Å². The molecule has 0 unspecified atom stereocenters. The monoisotopic (exact) mass is 403 g/mol. The first-order valence-corrected chi connectivity index (χ1v) is 10.7. The minimum atomic E-state index is -0.175. The van der Waals surface area contributed by atoms with Crippen molar-refractivity contribution in [1.82, 2.24) is 20.4 Å². The minimum absolute atomic E-state index is 0.175. The van der Waals surface area contributed by atoms with Gasteiger partial charge in [-0.15, -0.1) is 10.2 Å². The van der Waals surface area contributed by atoms with Gasteiger partial charge >= 0.3 is 0 Å². The van der Waals surface area contributed by atoms with E-state index in [0.29, 0.717) is 18.3 Å². The second-order valence-corrected chi connectivity index (χ2v) is 8.03. The molecule has 30 heavy (non-hydrogen) atoms. The van der Waals surface area contributed by atoms with Crippen molar-refractivity contribution >= 4 is 22.5 Å². The molecule has 1 fully saturated rings. The number of nitrogens with zero attached hydrogens (tertiary/aromatic N) is 4. The zero-order chi connectivity index (χ0) is 20.9. The largest absolute Gasteiger partial charge is 0.352 e. The number of benzene rings is 2. The van der Waals surface area contributed by atoms with Crippen molar-refractivity contribution in [3.63, 3.8) is 0 Å². The van der Waals surface area contributed by atoms with Crippen LogP contribution in [-0.2, 0) is 6.42 Å². The summed E-state index contributed by atoms with van der Waals surface area (Å²) >= 11 is 0. The molecule has 6 nitrogen and oxygen atoms in total. The molecule has 1 amide bonds. The lowest BCUT2D eigenvalue weighted by atomic mass is 10.1. The van der Waals surface area contributed by atoms with E-state index in [1.807, 2.05) is 42.5 Å². The predicted octanol–water partition coefficient (Wildman–Crippen LogP) is 3.13. The van der Waals surface area contributed by atoms with E-state index in [2.05, 4.69) is 51.3 Å². The Kier molecular flexibility index (Phi) is 6.23. The summed E-state index contributed by atoms with van der Waals surface area (Å²) in [6.45, 7) is 8.88. The van der Waals surface area contributed by atoms with Gasteiger partial charge in [-0.2, -0.15) is 0 Å². The minimum Gasteiger partial charge on any atom is -0.352 e. The van der Waals surface area contributed by atoms with Crippen molar-refractivity contribution in [2.75, 3.05) is 37.6 Å². The molecule has 2 aromatic carbocycles. The maximum absolute atomic E-state index is 12.8. The van der Waals surface area contributed by atoms with Crippen molar-refractivity contribution in [2.45, 2.75) is 26.3 Å². The van der Waals surface area contributed by atoms with Gasteiger partial charge in [0.25, 0.3) is 5.91 Å². The van der Waals surface area contributed by atoms with Gasteiger partial charge in [-0.05, 0) is 25.8 Å². The van der Waals surface area contributed by atoms with Gasteiger partial charge in [0.05, 0.1) is 0 Å². The van der Waals surface area contributed by atoms with E-state index >= 15 is 0 Å². The summed E-state index contributed by atoms with van der Waals surface area (Å²) in [4.78, 5) is 17.6. The highest BCUT2D eigenvalue weighted by atomic mass is 16.1. The maximum atomic E-state index is 12.8. The summed E-state index contributed by atoms with van der Waals surface area (Å²) in [5.41, 5.74) is 1.59. The van der Waals surface area contributed by atoms with Crippen molar-refractivity contribution in [2.24, 2.45) is 0 Å². The number of hydrogen-bond acceptors (Lipinski definition) is 5. The molecule has 4 rings (SSSR count). The molecule has 1 aliphatic rings. The second kappa shape index (κ2) is 9.22. The SMILES string of the molecule is CC(C)N1CCN(c2nnc(C(=O)NCCc3ccccc3)c3ccccc23)CC1. The second-order valence-electron chi connectivity index (χ2n) is 8.03. The van der Waals surface area contributed by atoms with Crippen LogP contribution < -0.4 is 10.2 Å². The number of rotatable bonds is 6. The number of aromatic nitrogens is 2. The van der Waals surface area contributed by atoms with Crippen LogP contribution in [0.1, 0.15) is 29.9 Å². The molecule has 156 valence electrons. The van der Waals surface area contributed by atoms with E-state index < -0.39 is 0 Å². The van der Waals surface area contributed by atoms with E-state index in [9.17, 15) is 4.79 Å². The van der Waals surface area contributed by atoms with Crippen LogP contribution in [0.15, 0.2) is 54.6 Å². The highest BCUT2D eigenvalue weighted by molar-refractivity contribution is 6.07. The Hall–Kier alpha value is -2.99. The van der Waals surface area contributed by atoms with Gasteiger partial charge in [0.1, 0.15) is 0 Å². The molecule has 6 heteroatoms. The Bertz CT molecular complexity index is 997. The predicted molar refractivity (Wildman–Crippen MR) is 121 cm³/mol. The van der Waals surface area contributed by atoms with Gasteiger partial charge in [0, 0.05) is 49.5 Å².